The predicted octanol–water partition coefficient (Wildman–Crippen LogP) is 1.74. The van der Waals surface area contributed by atoms with E-state index in [0.29, 0.717) is 9.21 Å². The molecule has 0 aliphatic rings. The van der Waals surface area contributed by atoms with Gasteiger partial charge >= 0.3 is 0 Å². The van der Waals surface area contributed by atoms with Crippen molar-refractivity contribution in [3.8, 4) is 12.1 Å². The van der Waals surface area contributed by atoms with E-state index in [9.17, 15) is 0 Å². The largest absolute Gasteiger partial charge is 0.224 e. The summed E-state index contributed by atoms with van der Waals surface area (Å²) in [5.41, 5.74) is 0.0418. The highest BCUT2D eigenvalue weighted by Crippen LogP contribution is 2.19. The molecule has 0 amide bonds. The van der Waals surface area contributed by atoms with Crippen molar-refractivity contribution in [1.29, 1.82) is 10.5 Å². The maximum absolute atomic E-state index is 8.53. The first-order chi connectivity index (χ1) is 5.69. The van der Waals surface area contributed by atoms with Crippen molar-refractivity contribution in [1.82, 2.24) is 9.97 Å². The molecule has 4 nitrogen and oxygen atoms in total. The third kappa shape index (κ3) is 1.60. The molecular formula is C6Br2N4. The maximum Gasteiger partial charge on any atom is 0.178 e. The number of rotatable bonds is 0. The van der Waals surface area contributed by atoms with Crippen LogP contribution in [0.3, 0.4) is 0 Å². The van der Waals surface area contributed by atoms with Crippen molar-refractivity contribution in [3.05, 3.63) is 20.6 Å². The quantitative estimate of drug-likeness (QED) is 0.728. The minimum Gasteiger partial charge on any atom is -0.224 e. The average molecular weight is 288 g/mol. The Morgan fingerprint density at radius 1 is 0.917 bits per heavy atom. The van der Waals surface area contributed by atoms with Crippen molar-refractivity contribution in [2.45, 2.75) is 0 Å². The van der Waals surface area contributed by atoms with Crippen LogP contribution in [0, 0.1) is 22.7 Å². The fourth-order valence-corrected chi connectivity index (χ4v) is 1.08. The van der Waals surface area contributed by atoms with Gasteiger partial charge in [0, 0.05) is 0 Å². The molecule has 0 N–H and O–H groups in total. The molecule has 0 unspecified atom stereocenters. The van der Waals surface area contributed by atoms with Gasteiger partial charge in [-0.1, -0.05) is 0 Å². The minimum atomic E-state index is 0.0209. The lowest BCUT2D eigenvalue weighted by Crippen LogP contribution is -1.95. The summed E-state index contributed by atoms with van der Waals surface area (Å²) < 4.78 is 0.830. The van der Waals surface area contributed by atoms with E-state index in [4.69, 9.17) is 10.5 Å². The standard InChI is InChI=1S/C6Br2N4/c7-5-6(8)12-4(2-10)3(1-9)11-5. The zero-order valence-corrected chi connectivity index (χ0v) is 8.72. The second-order valence-corrected chi connectivity index (χ2v) is 3.23. The Balaban J connectivity index is 3.44. The van der Waals surface area contributed by atoms with Gasteiger partial charge in [-0.3, -0.25) is 0 Å². The predicted molar refractivity (Wildman–Crippen MR) is 46.9 cm³/mol. The van der Waals surface area contributed by atoms with Gasteiger partial charge in [0.05, 0.1) is 0 Å². The Morgan fingerprint density at radius 2 is 1.25 bits per heavy atom. The van der Waals surface area contributed by atoms with E-state index in [1.165, 1.54) is 0 Å². The van der Waals surface area contributed by atoms with E-state index < -0.39 is 0 Å². The summed E-state index contributed by atoms with van der Waals surface area (Å²) in [5.74, 6) is 0. The van der Waals surface area contributed by atoms with Crippen LogP contribution in [0.1, 0.15) is 11.4 Å². The van der Waals surface area contributed by atoms with Crippen LogP contribution in [-0.2, 0) is 0 Å². The molecule has 0 aromatic carbocycles. The Bertz CT molecular complexity index is 362. The molecule has 1 heterocycles. The van der Waals surface area contributed by atoms with Gasteiger partial charge in [0.15, 0.2) is 11.4 Å². The molecule has 1 aromatic rings. The second kappa shape index (κ2) is 3.61. The molecule has 6 heteroatoms. The van der Waals surface area contributed by atoms with Crippen LogP contribution in [0.25, 0.3) is 0 Å². The summed E-state index contributed by atoms with van der Waals surface area (Å²) in [4.78, 5) is 7.57. The third-order valence-electron chi connectivity index (χ3n) is 1.03. The first-order valence-electron chi connectivity index (χ1n) is 2.72. The van der Waals surface area contributed by atoms with Crippen molar-refractivity contribution >= 4 is 31.9 Å². The van der Waals surface area contributed by atoms with Crippen molar-refractivity contribution in [2.75, 3.05) is 0 Å². The summed E-state index contributed by atoms with van der Waals surface area (Å²) in [5, 5.41) is 17.1. The van der Waals surface area contributed by atoms with E-state index in [-0.39, 0.29) is 11.4 Å². The van der Waals surface area contributed by atoms with Gasteiger partial charge in [0.25, 0.3) is 0 Å². The highest BCUT2D eigenvalue weighted by molar-refractivity contribution is 9.13. The summed E-state index contributed by atoms with van der Waals surface area (Å²) in [7, 11) is 0. The fourth-order valence-electron chi connectivity index (χ4n) is 0.550. The minimum absolute atomic E-state index is 0.0209. The van der Waals surface area contributed by atoms with E-state index in [1.54, 1.807) is 12.1 Å². The highest BCUT2D eigenvalue weighted by atomic mass is 79.9. The lowest BCUT2D eigenvalue weighted by Gasteiger charge is -1.95. The topological polar surface area (TPSA) is 73.4 Å². The molecule has 58 valence electrons. The lowest BCUT2D eigenvalue weighted by atomic mass is 10.3. The first-order valence-corrected chi connectivity index (χ1v) is 4.31. The summed E-state index contributed by atoms with van der Waals surface area (Å²) in [6.07, 6.45) is 0. The molecule has 0 spiro atoms. The maximum atomic E-state index is 8.53. The van der Waals surface area contributed by atoms with Crippen LogP contribution in [-0.4, -0.2) is 9.97 Å². The van der Waals surface area contributed by atoms with Crippen molar-refractivity contribution < 1.29 is 0 Å². The first kappa shape index (κ1) is 9.11. The Hall–Kier alpha value is -0.980. The normalized spacial score (nSPS) is 8.67. The van der Waals surface area contributed by atoms with Crippen molar-refractivity contribution in [2.24, 2.45) is 0 Å². The summed E-state index contributed by atoms with van der Waals surface area (Å²) in [6, 6.07) is 3.54. The molecular weight excluding hydrogens is 288 g/mol. The second-order valence-electron chi connectivity index (χ2n) is 1.73. The number of nitrogens with zero attached hydrogens (tertiary/aromatic N) is 4. The molecule has 0 saturated carbocycles. The van der Waals surface area contributed by atoms with E-state index >= 15 is 0 Å². The van der Waals surface area contributed by atoms with Gasteiger partial charge in [-0.15, -0.1) is 0 Å². The number of nitriles is 2. The molecule has 0 aliphatic carbocycles. The van der Waals surface area contributed by atoms with Crippen LogP contribution in [0.4, 0.5) is 0 Å². The Labute approximate surface area is 85.1 Å². The van der Waals surface area contributed by atoms with Crippen LogP contribution >= 0.6 is 31.9 Å². The molecule has 0 aliphatic heterocycles. The molecule has 0 bridgehead atoms. The van der Waals surface area contributed by atoms with Crippen LogP contribution in [0.5, 0.6) is 0 Å². The molecule has 0 fully saturated rings. The van der Waals surface area contributed by atoms with Crippen molar-refractivity contribution in [3.63, 3.8) is 0 Å². The molecule has 12 heavy (non-hydrogen) atoms. The van der Waals surface area contributed by atoms with E-state index in [0.717, 1.165) is 0 Å². The number of aromatic nitrogens is 2. The average Bonchev–Trinajstić information content (AvgIpc) is 2.09. The van der Waals surface area contributed by atoms with Gasteiger partial charge in [-0.05, 0) is 31.9 Å². The molecule has 0 radical (unpaired) electrons. The van der Waals surface area contributed by atoms with Gasteiger partial charge in [-0.2, -0.15) is 10.5 Å². The van der Waals surface area contributed by atoms with E-state index in [1.807, 2.05) is 0 Å². The molecule has 1 aromatic heterocycles. The zero-order chi connectivity index (χ0) is 9.14. The number of hydrogen-bond acceptors (Lipinski definition) is 4. The summed E-state index contributed by atoms with van der Waals surface area (Å²) >= 11 is 6.14. The third-order valence-corrected chi connectivity index (χ3v) is 2.66. The Morgan fingerprint density at radius 3 is 1.50 bits per heavy atom. The monoisotopic (exact) mass is 286 g/mol. The van der Waals surface area contributed by atoms with Crippen LogP contribution in [0.2, 0.25) is 0 Å². The van der Waals surface area contributed by atoms with Gasteiger partial charge < -0.3 is 0 Å². The fraction of sp³-hybridized carbons (Fsp3) is 0. The van der Waals surface area contributed by atoms with Crippen LogP contribution < -0.4 is 0 Å². The smallest absolute Gasteiger partial charge is 0.178 e. The number of hydrogen-bond donors (Lipinski definition) is 0. The summed E-state index contributed by atoms with van der Waals surface area (Å²) in [6.45, 7) is 0. The molecule has 0 atom stereocenters. The SMILES string of the molecule is N#Cc1nc(Br)c(Br)nc1C#N. The molecule has 1 rings (SSSR count). The Kier molecular flexibility index (Phi) is 2.74. The lowest BCUT2D eigenvalue weighted by molar-refractivity contribution is 1.07. The van der Waals surface area contributed by atoms with Gasteiger partial charge in [0.2, 0.25) is 0 Å². The van der Waals surface area contributed by atoms with Gasteiger partial charge in [0.1, 0.15) is 21.3 Å². The van der Waals surface area contributed by atoms with Crippen LogP contribution in [0.15, 0.2) is 9.21 Å². The number of halogens is 2. The molecule has 0 saturated heterocycles. The highest BCUT2D eigenvalue weighted by Gasteiger charge is 2.08. The van der Waals surface area contributed by atoms with Gasteiger partial charge in [-0.25, -0.2) is 9.97 Å². The van der Waals surface area contributed by atoms with E-state index in [2.05, 4.69) is 41.8 Å². The zero-order valence-electron chi connectivity index (χ0n) is 5.54.